The number of allylic oxidation sites excluding steroid dienone is 2. The molecule has 1 unspecified atom stereocenters. The molecule has 3 aromatic rings. The quantitative estimate of drug-likeness (QED) is 0.152. The molecule has 0 spiro atoms. The summed E-state index contributed by atoms with van der Waals surface area (Å²) in [6.07, 6.45) is 9.34. The van der Waals surface area contributed by atoms with E-state index in [4.69, 9.17) is 14.2 Å². The number of nitriles is 1. The fraction of sp³-hybridized carbons (Fsp3) is 0.425. The molecule has 9 nitrogen and oxygen atoms in total. The van der Waals surface area contributed by atoms with Crippen molar-refractivity contribution < 1.29 is 19.0 Å². The number of nitrogens with zero attached hydrogens (tertiary/aromatic N) is 3. The van der Waals surface area contributed by atoms with Gasteiger partial charge in [0.2, 0.25) is 11.7 Å². The minimum absolute atomic E-state index is 0.0307. The van der Waals surface area contributed by atoms with Gasteiger partial charge in [-0.25, -0.2) is 0 Å². The second-order valence-corrected chi connectivity index (χ2v) is 13.1. The maximum Gasteiger partial charge on any atom is 0.224 e. The van der Waals surface area contributed by atoms with Crippen LogP contribution in [0.1, 0.15) is 67.6 Å². The molecule has 1 amide bonds. The Morgan fingerprint density at radius 3 is 2.39 bits per heavy atom. The second-order valence-electron chi connectivity index (χ2n) is 13.1. The number of carbonyl (C=O) groups excluding carboxylic acids is 1. The summed E-state index contributed by atoms with van der Waals surface area (Å²) >= 11 is 0. The molecular weight excluding hydrogens is 614 g/mol. The van der Waals surface area contributed by atoms with Crippen molar-refractivity contribution in [2.24, 2.45) is 10.9 Å². The van der Waals surface area contributed by atoms with E-state index in [9.17, 15) is 10.1 Å². The van der Waals surface area contributed by atoms with Crippen LogP contribution in [0.4, 0.5) is 5.69 Å². The number of ether oxygens (including phenoxy) is 3. The fourth-order valence-electron chi connectivity index (χ4n) is 6.37. The Kier molecular flexibility index (Phi) is 12.9. The van der Waals surface area contributed by atoms with Crippen LogP contribution < -0.4 is 19.5 Å². The second kappa shape index (κ2) is 17.0. The van der Waals surface area contributed by atoms with Gasteiger partial charge in [0.15, 0.2) is 11.5 Å². The average Bonchev–Trinajstić information content (AvgIpc) is 3.68. The van der Waals surface area contributed by atoms with Gasteiger partial charge in [-0.15, -0.1) is 0 Å². The van der Waals surface area contributed by atoms with Crippen LogP contribution in [0.2, 0.25) is 0 Å². The third-order valence-electron chi connectivity index (χ3n) is 9.28. The van der Waals surface area contributed by atoms with Crippen LogP contribution in [0, 0.1) is 31.1 Å². The minimum atomic E-state index is -0.708. The number of aryl methyl sites for hydroxylation is 2. The summed E-state index contributed by atoms with van der Waals surface area (Å²) in [7, 11) is 6.87. The Morgan fingerprint density at radius 1 is 1.04 bits per heavy atom. The number of aromatic nitrogens is 1. The number of anilines is 1. The summed E-state index contributed by atoms with van der Waals surface area (Å²) in [6.45, 7) is 9.99. The number of benzene rings is 2. The molecule has 0 radical (unpaired) electrons. The summed E-state index contributed by atoms with van der Waals surface area (Å²) < 4.78 is 16.7. The summed E-state index contributed by atoms with van der Waals surface area (Å²) in [5, 5.41) is 13.6. The van der Waals surface area contributed by atoms with Gasteiger partial charge in [-0.05, 0) is 124 Å². The third-order valence-corrected chi connectivity index (χ3v) is 9.28. The summed E-state index contributed by atoms with van der Waals surface area (Å²) in [4.78, 5) is 23.1. The maximum absolute atomic E-state index is 12.8. The number of methoxy groups -OCH3 is 3. The fourth-order valence-corrected chi connectivity index (χ4v) is 6.37. The van der Waals surface area contributed by atoms with Crippen molar-refractivity contribution in [3.63, 3.8) is 0 Å². The van der Waals surface area contributed by atoms with E-state index in [1.807, 2.05) is 55.5 Å². The molecule has 1 atom stereocenters. The van der Waals surface area contributed by atoms with Gasteiger partial charge in [0.05, 0.1) is 38.5 Å². The SMILES string of the molecule is COc1cc(C(C#N)(CCCN(C)CCc2cccc(NC(=O)CCC3=NC(=Cc4[nH]c(C)cc4C)C=C3)c2)C(C)C)cc(OC)c1OC. The molecule has 2 N–H and O–H groups in total. The summed E-state index contributed by atoms with van der Waals surface area (Å²) in [5.41, 5.74) is 7.28. The first kappa shape index (κ1) is 37.0. The van der Waals surface area contributed by atoms with Gasteiger partial charge in [-0.2, -0.15) is 5.26 Å². The van der Waals surface area contributed by atoms with E-state index in [0.717, 1.165) is 65.5 Å². The molecule has 1 aliphatic rings. The van der Waals surface area contributed by atoms with Crippen molar-refractivity contribution in [1.29, 1.82) is 5.26 Å². The molecule has 0 saturated carbocycles. The predicted octanol–water partition coefficient (Wildman–Crippen LogP) is 7.80. The molecule has 4 rings (SSSR count). The lowest BCUT2D eigenvalue weighted by atomic mass is 9.69. The number of hydrogen-bond donors (Lipinski definition) is 2. The minimum Gasteiger partial charge on any atom is -0.493 e. The van der Waals surface area contributed by atoms with E-state index < -0.39 is 5.41 Å². The first-order valence-electron chi connectivity index (χ1n) is 16.9. The van der Waals surface area contributed by atoms with E-state index in [1.165, 1.54) is 5.56 Å². The number of hydrogen-bond acceptors (Lipinski definition) is 7. The highest BCUT2D eigenvalue weighted by Crippen LogP contribution is 2.45. The van der Waals surface area contributed by atoms with E-state index in [0.29, 0.717) is 36.5 Å². The van der Waals surface area contributed by atoms with Crippen molar-refractivity contribution in [3.05, 3.63) is 88.4 Å². The van der Waals surface area contributed by atoms with Crippen molar-refractivity contribution in [2.75, 3.05) is 46.8 Å². The number of amides is 1. The Bertz CT molecular complexity index is 1720. The summed E-state index contributed by atoms with van der Waals surface area (Å²) in [6, 6.07) is 16.6. The Morgan fingerprint density at radius 2 is 1.78 bits per heavy atom. The van der Waals surface area contributed by atoms with Gasteiger partial charge in [0.1, 0.15) is 0 Å². The van der Waals surface area contributed by atoms with E-state index in [2.05, 4.69) is 66.2 Å². The molecule has 0 saturated heterocycles. The van der Waals surface area contributed by atoms with Crippen molar-refractivity contribution >= 4 is 23.4 Å². The molecular formula is C40H51N5O4. The summed E-state index contributed by atoms with van der Waals surface area (Å²) in [5.74, 6) is 1.66. The number of aromatic amines is 1. The highest BCUT2D eigenvalue weighted by Gasteiger charge is 2.37. The Balaban J connectivity index is 1.27. The van der Waals surface area contributed by atoms with Gasteiger partial charge in [-0.1, -0.05) is 26.0 Å². The van der Waals surface area contributed by atoms with Crippen molar-refractivity contribution in [1.82, 2.24) is 9.88 Å². The van der Waals surface area contributed by atoms with Crippen LogP contribution in [0.5, 0.6) is 17.2 Å². The molecule has 2 heterocycles. The highest BCUT2D eigenvalue weighted by atomic mass is 16.5. The molecule has 0 bridgehead atoms. The standard InChI is InChI=1S/C40H51N5O4/c1-27(2)40(26-41,31-23-36(47-6)39(49-8)37(24-31)48-7)18-10-19-45(5)20-17-30-11-9-12-33(22-30)44-38(46)16-15-32-13-14-34(43-32)25-35-28(3)21-29(4)42-35/h9,11-14,21-25,27,42H,10,15-20H2,1-8H3,(H,44,46). The van der Waals surface area contributed by atoms with Crippen molar-refractivity contribution in [3.8, 4) is 23.3 Å². The number of nitrogens with one attached hydrogen (secondary N) is 2. The first-order chi connectivity index (χ1) is 23.5. The van der Waals surface area contributed by atoms with Gasteiger partial charge in [-0.3, -0.25) is 9.79 Å². The molecule has 0 fully saturated rings. The van der Waals surface area contributed by atoms with E-state index in [-0.39, 0.29) is 11.8 Å². The molecule has 2 aromatic carbocycles. The number of H-pyrrole nitrogens is 1. The molecule has 9 heteroatoms. The number of likely N-dealkylation sites (N-methyl/N-ethyl adjacent to an activating group) is 1. The zero-order chi connectivity index (χ0) is 35.6. The zero-order valence-corrected chi connectivity index (χ0v) is 30.3. The monoisotopic (exact) mass is 665 g/mol. The first-order valence-corrected chi connectivity index (χ1v) is 16.9. The topological polar surface area (TPSA) is 112 Å². The van der Waals surface area contributed by atoms with Gasteiger partial charge < -0.3 is 29.4 Å². The van der Waals surface area contributed by atoms with Crippen LogP contribution >= 0.6 is 0 Å². The third kappa shape index (κ3) is 9.42. The van der Waals surface area contributed by atoms with Crippen LogP contribution in [0.3, 0.4) is 0 Å². The van der Waals surface area contributed by atoms with Crippen LogP contribution in [-0.2, 0) is 16.6 Å². The smallest absolute Gasteiger partial charge is 0.224 e. The van der Waals surface area contributed by atoms with Gasteiger partial charge >= 0.3 is 0 Å². The van der Waals surface area contributed by atoms with Gasteiger partial charge in [0, 0.05) is 35.8 Å². The van der Waals surface area contributed by atoms with E-state index >= 15 is 0 Å². The van der Waals surface area contributed by atoms with E-state index in [1.54, 1.807) is 21.3 Å². The maximum atomic E-state index is 12.8. The molecule has 0 aliphatic carbocycles. The molecule has 260 valence electrons. The normalized spacial score (nSPS) is 14.6. The zero-order valence-electron chi connectivity index (χ0n) is 30.3. The molecule has 1 aromatic heterocycles. The van der Waals surface area contributed by atoms with Crippen LogP contribution in [0.15, 0.2) is 65.3 Å². The van der Waals surface area contributed by atoms with Crippen LogP contribution in [-0.4, -0.2) is 63.0 Å². The lowest BCUT2D eigenvalue weighted by Gasteiger charge is -2.33. The lowest BCUT2D eigenvalue weighted by Crippen LogP contribution is -2.32. The Labute approximate surface area is 291 Å². The lowest BCUT2D eigenvalue weighted by molar-refractivity contribution is -0.116. The molecule has 49 heavy (non-hydrogen) atoms. The van der Waals surface area contributed by atoms with Crippen LogP contribution in [0.25, 0.3) is 6.08 Å². The van der Waals surface area contributed by atoms with Crippen molar-refractivity contribution in [2.45, 2.75) is 65.2 Å². The number of aliphatic imine (C=N–C) groups is 1. The largest absolute Gasteiger partial charge is 0.493 e. The van der Waals surface area contributed by atoms with Gasteiger partial charge in [0.25, 0.3) is 0 Å². The predicted molar refractivity (Wildman–Crippen MR) is 198 cm³/mol. The molecule has 1 aliphatic heterocycles. The highest BCUT2D eigenvalue weighted by molar-refractivity contribution is 6.02. The average molecular weight is 666 g/mol. The Hall–Kier alpha value is -4.81. The number of carbonyl (C=O) groups is 1. The number of rotatable bonds is 17.